The van der Waals surface area contributed by atoms with Crippen molar-refractivity contribution in [3.8, 4) is 0 Å². The van der Waals surface area contributed by atoms with E-state index in [1.807, 2.05) is 30.3 Å². The van der Waals surface area contributed by atoms with E-state index >= 15 is 0 Å². The van der Waals surface area contributed by atoms with E-state index in [0.29, 0.717) is 0 Å². The molecule has 0 aliphatic rings. The smallest absolute Gasteiger partial charge is 0.0398 e. The van der Waals surface area contributed by atoms with E-state index in [4.69, 9.17) is 0 Å². The zero-order chi connectivity index (χ0) is 10.7. The maximum atomic E-state index is 4.58. The summed E-state index contributed by atoms with van der Waals surface area (Å²) in [5.41, 5.74) is 4.55. The van der Waals surface area contributed by atoms with Crippen LogP contribution in [0, 0.1) is 13.8 Å². The quantitative estimate of drug-likeness (QED) is 0.664. The Morgan fingerprint density at radius 1 is 0.867 bits per heavy atom. The predicted octanol–water partition coefficient (Wildman–Crippen LogP) is 4.64. The molecule has 0 heterocycles. The van der Waals surface area contributed by atoms with Crippen molar-refractivity contribution in [3.63, 3.8) is 0 Å². The lowest BCUT2D eigenvalue weighted by atomic mass is 10.1. The Labute approximate surface area is 90.8 Å². The van der Waals surface area contributed by atoms with Crippen LogP contribution < -0.4 is 0 Å². The summed E-state index contributed by atoms with van der Waals surface area (Å²) in [6, 6.07) is 16.3. The number of aryl methyl sites for hydroxylation is 2. The number of nitrogens with zero attached hydrogens (tertiary/aromatic N) is 1. The van der Waals surface area contributed by atoms with Crippen molar-refractivity contribution in [1.29, 1.82) is 0 Å². The van der Waals surface area contributed by atoms with E-state index in [-0.39, 0.29) is 0 Å². The number of hydrogen-bond acceptors (Lipinski definition) is 0. The molecule has 0 spiro atoms. The fraction of sp³-hybridized carbons (Fsp3) is 0.143. The van der Waals surface area contributed by atoms with Gasteiger partial charge in [-0.15, -0.1) is 11.4 Å². The first-order chi connectivity index (χ1) is 7.25. The van der Waals surface area contributed by atoms with Crippen LogP contribution >= 0.6 is 0 Å². The molecule has 0 aliphatic carbocycles. The minimum absolute atomic E-state index is 1.00. The molecule has 0 radical (unpaired) electrons. The van der Waals surface area contributed by atoms with Gasteiger partial charge < -0.3 is 5.32 Å². The number of rotatable bonds is 2. The standard InChI is InChI=1S/C14H14N/c1-11-8-9-14(12(2)10-11)15-13-6-4-3-5-7-13/h3-10H,1-2H3/q-1. The van der Waals surface area contributed by atoms with Gasteiger partial charge in [-0.2, -0.15) is 0 Å². The van der Waals surface area contributed by atoms with E-state index in [2.05, 4.69) is 37.4 Å². The first-order valence-electron chi connectivity index (χ1n) is 5.10. The molecular formula is C14H14N-. The lowest BCUT2D eigenvalue weighted by molar-refractivity contribution is 1.39. The number of hydrogen-bond donors (Lipinski definition) is 0. The van der Waals surface area contributed by atoms with Gasteiger partial charge >= 0.3 is 0 Å². The molecule has 0 amide bonds. The molecule has 0 aliphatic heterocycles. The van der Waals surface area contributed by atoms with Crippen LogP contribution in [-0.2, 0) is 0 Å². The summed E-state index contributed by atoms with van der Waals surface area (Å²) in [4.78, 5) is 0. The van der Waals surface area contributed by atoms with Gasteiger partial charge in [-0.1, -0.05) is 59.7 Å². The Balaban J connectivity index is 2.25. The maximum absolute atomic E-state index is 4.58. The fourth-order valence-corrected chi connectivity index (χ4v) is 1.57. The lowest BCUT2D eigenvalue weighted by Gasteiger charge is -2.24. The van der Waals surface area contributed by atoms with Crippen LogP contribution in [-0.4, -0.2) is 0 Å². The van der Waals surface area contributed by atoms with Gasteiger partial charge in [0.25, 0.3) is 0 Å². The van der Waals surface area contributed by atoms with Gasteiger partial charge in [-0.25, -0.2) is 0 Å². The normalized spacial score (nSPS) is 10.0. The Bertz CT molecular complexity index is 446. The monoisotopic (exact) mass is 196 g/mol. The molecule has 0 atom stereocenters. The van der Waals surface area contributed by atoms with Crippen molar-refractivity contribution in [2.45, 2.75) is 13.8 Å². The van der Waals surface area contributed by atoms with Crippen LogP contribution in [0.15, 0.2) is 48.5 Å². The SMILES string of the molecule is Cc1ccc([N-]c2ccccc2)c(C)c1. The summed E-state index contributed by atoms with van der Waals surface area (Å²) in [5.74, 6) is 0. The van der Waals surface area contributed by atoms with E-state index in [0.717, 1.165) is 11.4 Å². The molecule has 1 nitrogen and oxygen atoms in total. The molecule has 76 valence electrons. The van der Waals surface area contributed by atoms with Gasteiger partial charge in [-0.3, -0.25) is 0 Å². The van der Waals surface area contributed by atoms with Crippen LogP contribution in [0.3, 0.4) is 0 Å². The second kappa shape index (κ2) is 4.18. The highest BCUT2D eigenvalue weighted by atomic mass is 14.9. The molecule has 1 heteroatoms. The average molecular weight is 196 g/mol. The van der Waals surface area contributed by atoms with Crippen molar-refractivity contribution in [3.05, 3.63) is 65.0 Å². The highest BCUT2D eigenvalue weighted by Crippen LogP contribution is 2.32. The van der Waals surface area contributed by atoms with E-state index < -0.39 is 0 Å². The molecular weight excluding hydrogens is 182 g/mol. The third-order valence-electron chi connectivity index (χ3n) is 2.36. The minimum Gasteiger partial charge on any atom is -0.658 e. The molecule has 2 rings (SSSR count). The fourth-order valence-electron chi connectivity index (χ4n) is 1.57. The van der Waals surface area contributed by atoms with Crippen molar-refractivity contribution < 1.29 is 0 Å². The molecule has 0 fully saturated rings. The van der Waals surface area contributed by atoms with Gasteiger partial charge in [0, 0.05) is 0 Å². The average Bonchev–Trinajstić information content (AvgIpc) is 2.24. The van der Waals surface area contributed by atoms with E-state index in [9.17, 15) is 0 Å². The topological polar surface area (TPSA) is 14.1 Å². The minimum atomic E-state index is 1.00. The van der Waals surface area contributed by atoms with Gasteiger partial charge in [0.1, 0.15) is 0 Å². The van der Waals surface area contributed by atoms with Crippen LogP contribution in [0.5, 0.6) is 0 Å². The van der Waals surface area contributed by atoms with Crippen LogP contribution in [0.4, 0.5) is 11.4 Å². The first kappa shape index (κ1) is 9.78. The van der Waals surface area contributed by atoms with Gasteiger partial charge in [0.2, 0.25) is 0 Å². The molecule has 2 aromatic rings. The van der Waals surface area contributed by atoms with E-state index in [1.165, 1.54) is 11.1 Å². The van der Waals surface area contributed by atoms with Gasteiger partial charge in [0.05, 0.1) is 0 Å². The molecule has 15 heavy (non-hydrogen) atoms. The van der Waals surface area contributed by atoms with Crippen molar-refractivity contribution in [1.82, 2.24) is 0 Å². The zero-order valence-corrected chi connectivity index (χ0v) is 9.07. The first-order valence-corrected chi connectivity index (χ1v) is 5.10. The molecule has 0 saturated carbocycles. The summed E-state index contributed by atoms with van der Waals surface area (Å²) in [5, 5.41) is 4.58. The summed E-state index contributed by atoms with van der Waals surface area (Å²) in [6.45, 7) is 4.19. The third kappa shape index (κ3) is 2.38. The van der Waals surface area contributed by atoms with Crippen LogP contribution in [0.25, 0.3) is 5.32 Å². The van der Waals surface area contributed by atoms with Gasteiger partial charge in [-0.05, 0) is 13.8 Å². The summed E-state index contributed by atoms with van der Waals surface area (Å²) < 4.78 is 0. The number of benzene rings is 2. The number of para-hydroxylation sites is 1. The Morgan fingerprint density at radius 3 is 2.27 bits per heavy atom. The second-order valence-corrected chi connectivity index (χ2v) is 3.74. The largest absolute Gasteiger partial charge is 0.658 e. The van der Waals surface area contributed by atoms with Crippen LogP contribution in [0.2, 0.25) is 0 Å². The Kier molecular flexibility index (Phi) is 2.72. The molecule has 2 aromatic carbocycles. The third-order valence-corrected chi connectivity index (χ3v) is 2.36. The summed E-state index contributed by atoms with van der Waals surface area (Å²) in [6.07, 6.45) is 0. The summed E-state index contributed by atoms with van der Waals surface area (Å²) in [7, 11) is 0. The van der Waals surface area contributed by atoms with Crippen molar-refractivity contribution >= 4 is 11.4 Å². The zero-order valence-electron chi connectivity index (χ0n) is 9.07. The van der Waals surface area contributed by atoms with E-state index in [1.54, 1.807) is 0 Å². The molecule has 0 unspecified atom stereocenters. The second-order valence-electron chi connectivity index (χ2n) is 3.74. The molecule has 0 aromatic heterocycles. The van der Waals surface area contributed by atoms with Crippen molar-refractivity contribution in [2.24, 2.45) is 0 Å². The summed E-state index contributed by atoms with van der Waals surface area (Å²) >= 11 is 0. The Hall–Kier alpha value is -1.76. The highest BCUT2D eigenvalue weighted by Gasteiger charge is 1.89. The van der Waals surface area contributed by atoms with Gasteiger partial charge in [0.15, 0.2) is 0 Å². The molecule has 0 N–H and O–H groups in total. The van der Waals surface area contributed by atoms with Crippen LogP contribution in [0.1, 0.15) is 11.1 Å². The molecule has 0 bridgehead atoms. The molecule has 0 saturated heterocycles. The maximum Gasteiger partial charge on any atom is -0.0398 e. The lowest BCUT2D eigenvalue weighted by Crippen LogP contribution is -1.78. The highest BCUT2D eigenvalue weighted by molar-refractivity contribution is 5.69. The Morgan fingerprint density at radius 2 is 1.60 bits per heavy atom. The predicted molar refractivity (Wildman–Crippen MR) is 65.0 cm³/mol. The van der Waals surface area contributed by atoms with Crippen molar-refractivity contribution in [2.75, 3.05) is 0 Å².